The van der Waals surface area contributed by atoms with Gasteiger partial charge in [-0.25, -0.2) is 29.3 Å². The zero-order chi connectivity index (χ0) is 39.8. The van der Waals surface area contributed by atoms with Crippen LogP contribution < -0.4 is 0 Å². The Bertz CT molecular complexity index is 2020. The van der Waals surface area contributed by atoms with Gasteiger partial charge < -0.3 is 19.3 Å². The molecule has 304 valence electrons. The van der Waals surface area contributed by atoms with Crippen molar-refractivity contribution in [1.29, 1.82) is 0 Å². The zero-order valence-electron chi connectivity index (χ0n) is 23.5. The monoisotopic (exact) mass is 902 g/mol. The van der Waals surface area contributed by atoms with Gasteiger partial charge in [0.25, 0.3) is 0 Å². The third kappa shape index (κ3) is 15.7. The van der Waals surface area contributed by atoms with Crippen molar-refractivity contribution >= 4 is 72.8 Å². The Morgan fingerprint density at radius 1 is 0.490 bits per heavy atom. The van der Waals surface area contributed by atoms with Crippen molar-refractivity contribution in [3.05, 3.63) is 0 Å². The van der Waals surface area contributed by atoms with Crippen LogP contribution in [0.4, 0.5) is 0 Å². The van der Waals surface area contributed by atoms with Crippen molar-refractivity contribution < 1.29 is 139 Å². The van der Waals surface area contributed by atoms with Gasteiger partial charge in [0.2, 0.25) is 5.79 Å². The fourth-order valence-electron chi connectivity index (χ4n) is 4.10. The lowest BCUT2D eigenvalue weighted by molar-refractivity contribution is -0.374. The van der Waals surface area contributed by atoms with Crippen LogP contribution in [0, 0.1) is 0 Å². The Morgan fingerprint density at radius 2 is 0.902 bits per heavy atom. The predicted octanol–water partition coefficient (Wildman–Crippen LogP) is -6.61. The van der Waals surface area contributed by atoms with Gasteiger partial charge in [-0.1, -0.05) is 0 Å². The number of hydrogen-bond donors (Lipinski definition) is 8. The van der Waals surface area contributed by atoms with Crippen LogP contribution in [0.2, 0.25) is 0 Å². The second-order valence-electron chi connectivity index (χ2n) is 9.11. The third-order valence-electron chi connectivity index (χ3n) is 5.48. The van der Waals surface area contributed by atoms with Gasteiger partial charge in [-0.2, -0.15) is 58.9 Å². The lowest BCUT2D eigenvalue weighted by atomic mass is 9.99. The van der Waals surface area contributed by atoms with E-state index in [4.69, 9.17) is 27.9 Å². The smallest absolute Gasteiger partial charge is 0.394 e. The molecule has 8 N–H and O–H groups in total. The van der Waals surface area contributed by atoms with Crippen molar-refractivity contribution in [2.45, 2.75) is 54.8 Å². The van der Waals surface area contributed by atoms with E-state index in [0.717, 1.165) is 0 Å². The molecule has 0 bridgehead atoms. The Balaban J connectivity index is 2.99. The van der Waals surface area contributed by atoms with Crippen molar-refractivity contribution in [2.75, 3.05) is 19.8 Å². The average molecular weight is 903 g/mol. The normalized spacial score (nSPS) is 31.8. The molecule has 2 aliphatic heterocycles. The molecule has 0 aliphatic carbocycles. The first-order valence-electron chi connectivity index (χ1n) is 11.7. The molecular formula is C12H22O32S7. The molecule has 1 unspecified atom stereocenters. The summed E-state index contributed by atoms with van der Waals surface area (Å²) in [4.78, 5) is 0. The van der Waals surface area contributed by atoms with Gasteiger partial charge in [-0.3, -0.25) is 31.9 Å². The van der Waals surface area contributed by atoms with Crippen molar-refractivity contribution in [2.24, 2.45) is 0 Å². The SMILES string of the molecule is O=S(=O)(O)OC[C@H]1O[C@@](COS(=O)(=O)O)(OC2O[C@H](CO)[C@@H](OS(=O)(=O)O)[C@H](OS(=O)(=O)O)[C@H]2OS(=O)(=O)O)[C@@H](OS(=O)(=O)O)[C@@H]1OS(=O)(=O)O. The number of aliphatic hydroxyl groups is 1. The molecule has 39 heteroatoms. The largest absolute Gasteiger partial charge is 0.397 e. The standard InChI is InChI=1S/C12H22O32S7/c13-1-4-6(40-47(20,21)22)8(42-49(26,27)28)9(43-50(29,30)31)11(37-4)39-12(3-36-46(17,18)19)10(44-51(32,33)34)7(41-48(23,24)25)5(38-12)2-35-45(14,15)16/h4-11,13H,1-3H2,(H,14,15,16)(H,17,18,19)(H,20,21,22)(H,23,24,25)(H,26,27,28)(H,29,30,31)(H,32,33,34)/t4-,5-,6-,7-,8+,9-,10+,11?,12+/m1/s1. The lowest BCUT2D eigenvalue weighted by Crippen LogP contribution is -2.65. The maximum Gasteiger partial charge on any atom is 0.397 e. The molecule has 0 aromatic carbocycles. The molecule has 9 atom stereocenters. The van der Waals surface area contributed by atoms with Gasteiger partial charge >= 0.3 is 72.8 Å². The summed E-state index contributed by atoms with van der Waals surface area (Å²) in [6.45, 7) is -5.78. The lowest BCUT2D eigenvalue weighted by Gasteiger charge is -2.45. The van der Waals surface area contributed by atoms with E-state index in [1.54, 1.807) is 0 Å². The van der Waals surface area contributed by atoms with E-state index < -0.39 is 147 Å². The van der Waals surface area contributed by atoms with E-state index in [1.165, 1.54) is 0 Å². The first kappa shape index (κ1) is 46.1. The number of hydrogen-bond acceptors (Lipinski definition) is 25. The molecule has 2 fully saturated rings. The maximum absolute atomic E-state index is 11.8. The van der Waals surface area contributed by atoms with Crippen LogP contribution in [0.1, 0.15) is 0 Å². The molecule has 32 nitrogen and oxygen atoms in total. The molecule has 51 heavy (non-hydrogen) atoms. The predicted molar refractivity (Wildman–Crippen MR) is 142 cm³/mol. The highest BCUT2D eigenvalue weighted by Gasteiger charge is 2.65. The van der Waals surface area contributed by atoms with Crippen LogP contribution in [-0.2, 0) is 116 Å². The topological polar surface area (TPSA) is 493 Å². The molecule has 2 heterocycles. The minimum absolute atomic E-state index is 1.69. The third-order valence-corrected chi connectivity index (χ3v) is 8.64. The minimum atomic E-state index is -6.14. The van der Waals surface area contributed by atoms with Gasteiger partial charge in [0.05, 0.1) is 13.2 Å². The summed E-state index contributed by atoms with van der Waals surface area (Å²) in [5, 5.41) is 9.78. The van der Waals surface area contributed by atoms with Crippen LogP contribution in [0.25, 0.3) is 0 Å². The molecule has 0 spiro atoms. The molecule has 0 aromatic heterocycles. The van der Waals surface area contributed by atoms with E-state index in [2.05, 4.69) is 29.3 Å². The van der Waals surface area contributed by atoms with Gasteiger partial charge in [-0.05, 0) is 0 Å². The molecular weight excluding hydrogens is 881 g/mol. The highest BCUT2D eigenvalue weighted by atomic mass is 32.3. The maximum atomic E-state index is 11.8. The summed E-state index contributed by atoms with van der Waals surface area (Å²) in [6, 6.07) is 0. The Morgan fingerprint density at radius 3 is 1.31 bits per heavy atom. The Kier molecular flexibility index (Phi) is 14.4. The summed E-state index contributed by atoms with van der Waals surface area (Å²) in [7, 11) is -41.7. The van der Waals surface area contributed by atoms with E-state index in [-0.39, 0.29) is 0 Å². The van der Waals surface area contributed by atoms with Crippen LogP contribution in [0.5, 0.6) is 0 Å². The number of ether oxygens (including phenoxy) is 3. The molecule has 0 radical (unpaired) electrons. The Hall–Kier alpha value is -1.07. The summed E-state index contributed by atoms with van der Waals surface area (Å²) >= 11 is 0. The average Bonchev–Trinajstić information content (AvgIpc) is 3.11. The fraction of sp³-hybridized carbons (Fsp3) is 1.00. The number of rotatable bonds is 19. The van der Waals surface area contributed by atoms with Gasteiger partial charge in [0.15, 0.2) is 18.5 Å². The van der Waals surface area contributed by atoms with Crippen LogP contribution in [-0.4, -0.2) is 171 Å². The minimum Gasteiger partial charge on any atom is -0.394 e. The van der Waals surface area contributed by atoms with Gasteiger partial charge in [0, 0.05) is 0 Å². The fourth-order valence-corrected chi connectivity index (χ4v) is 7.24. The summed E-state index contributed by atoms with van der Waals surface area (Å²) in [5.41, 5.74) is 0. The van der Waals surface area contributed by atoms with Crippen LogP contribution in [0.3, 0.4) is 0 Å². The van der Waals surface area contributed by atoms with Gasteiger partial charge in [0.1, 0.15) is 37.1 Å². The van der Waals surface area contributed by atoms with E-state index in [9.17, 15) is 82.2 Å². The van der Waals surface area contributed by atoms with E-state index >= 15 is 0 Å². The second-order valence-corrected chi connectivity index (χ2v) is 16.5. The summed E-state index contributed by atoms with van der Waals surface area (Å²) in [5.74, 6) is -3.97. The molecule has 2 saturated heterocycles. The van der Waals surface area contributed by atoms with Crippen molar-refractivity contribution in [3.63, 3.8) is 0 Å². The number of aliphatic hydroxyl groups excluding tert-OH is 1. The molecule has 0 aromatic rings. The van der Waals surface area contributed by atoms with E-state index in [1.807, 2.05) is 0 Å². The first-order chi connectivity index (χ1) is 22.5. The van der Waals surface area contributed by atoms with Crippen LogP contribution >= 0.6 is 0 Å². The molecule has 2 rings (SSSR count). The molecule has 0 saturated carbocycles. The first-order valence-corrected chi connectivity index (χ1v) is 21.2. The van der Waals surface area contributed by atoms with Crippen LogP contribution in [0.15, 0.2) is 0 Å². The quantitative estimate of drug-likeness (QED) is 0.0559. The second kappa shape index (κ2) is 16.0. The van der Waals surface area contributed by atoms with E-state index in [0.29, 0.717) is 0 Å². The summed E-state index contributed by atoms with van der Waals surface area (Å²) < 4.78 is 270. The highest BCUT2D eigenvalue weighted by Crippen LogP contribution is 2.42. The zero-order valence-corrected chi connectivity index (χ0v) is 29.2. The van der Waals surface area contributed by atoms with Crippen molar-refractivity contribution in [3.8, 4) is 0 Å². The highest BCUT2D eigenvalue weighted by molar-refractivity contribution is 7.82. The molecule has 2 aliphatic rings. The van der Waals surface area contributed by atoms with Gasteiger partial charge in [-0.15, -0.1) is 0 Å². The van der Waals surface area contributed by atoms with Crippen molar-refractivity contribution in [1.82, 2.24) is 0 Å². The summed E-state index contributed by atoms with van der Waals surface area (Å²) in [6.07, 6.45) is -24.5. The molecule has 0 amide bonds. The Labute approximate surface area is 286 Å².